The van der Waals surface area contributed by atoms with E-state index < -0.39 is 11.8 Å². The first-order valence-corrected chi connectivity index (χ1v) is 11.7. The molecule has 0 aliphatic rings. The number of ether oxygens (including phenoxy) is 2. The highest BCUT2D eigenvalue weighted by Crippen LogP contribution is 2.28. The molecule has 9 heteroatoms. The molecule has 3 amide bonds. The van der Waals surface area contributed by atoms with E-state index in [0.717, 1.165) is 22.4 Å². The smallest absolute Gasteiger partial charge is 0.329 e. The summed E-state index contributed by atoms with van der Waals surface area (Å²) in [5, 5.41) is 9.28. The lowest BCUT2D eigenvalue weighted by atomic mass is 10.1. The highest BCUT2D eigenvalue weighted by atomic mass is 16.5. The minimum atomic E-state index is -0.899. The predicted octanol–water partition coefficient (Wildman–Crippen LogP) is 4.12. The van der Waals surface area contributed by atoms with Gasteiger partial charge in [0.25, 0.3) is 5.91 Å². The summed E-state index contributed by atoms with van der Waals surface area (Å²) in [6, 6.07) is 18.0. The van der Waals surface area contributed by atoms with Crippen molar-refractivity contribution in [2.75, 3.05) is 23.8 Å². The molecule has 0 radical (unpaired) electrons. The Kier molecular flexibility index (Phi) is 9.37. The molecule has 0 heterocycles. The average Bonchev–Trinajstić information content (AvgIpc) is 2.87. The maximum Gasteiger partial charge on any atom is 0.329 e. The Morgan fingerprint density at radius 1 is 0.811 bits per heavy atom. The van der Waals surface area contributed by atoms with Crippen LogP contribution in [0.15, 0.2) is 65.8 Å². The van der Waals surface area contributed by atoms with Crippen LogP contribution in [-0.4, -0.2) is 37.1 Å². The van der Waals surface area contributed by atoms with E-state index in [-0.39, 0.29) is 12.5 Å². The van der Waals surface area contributed by atoms with Gasteiger partial charge >= 0.3 is 11.8 Å². The van der Waals surface area contributed by atoms with Crippen LogP contribution < -0.4 is 25.5 Å². The van der Waals surface area contributed by atoms with E-state index in [1.807, 2.05) is 70.2 Å². The summed E-state index contributed by atoms with van der Waals surface area (Å²) in [6.45, 7) is 7.60. The topological polar surface area (TPSA) is 118 Å². The van der Waals surface area contributed by atoms with Crippen LogP contribution in [0, 0.1) is 20.8 Å². The van der Waals surface area contributed by atoms with Gasteiger partial charge in [-0.05, 0) is 74.2 Å². The van der Waals surface area contributed by atoms with Crippen LogP contribution in [0.5, 0.6) is 11.5 Å². The van der Waals surface area contributed by atoms with Crippen molar-refractivity contribution in [2.45, 2.75) is 27.7 Å². The Morgan fingerprint density at radius 2 is 1.51 bits per heavy atom. The molecule has 0 fully saturated rings. The van der Waals surface area contributed by atoms with E-state index in [1.165, 1.54) is 6.21 Å². The number of para-hydroxylation sites is 2. The molecule has 0 saturated carbocycles. The Bertz CT molecular complexity index is 1300. The third-order valence-electron chi connectivity index (χ3n) is 5.35. The van der Waals surface area contributed by atoms with Gasteiger partial charge in [-0.25, -0.2) is 5.43 Å². The predicted molar refractivity (Wildman–Crippen MR) is 143 cm³/mol. The van der Waals surface area contributed by atoms with Crippen molar-refractivity contribution in [3.63, 3.8) is 0 Å². The number of hydrogen-bond donors (Lipinski definition) is 3. The van der Waals surface area contributed by atoms with Crippen LogP contribution in [0.4, 0.5) is 11.4 Å². The Hall–Kier alpha value is -4.66. The Morgan fingerprint density at radius 3 is 2.22 bits per heavy atom. The third-order valence-corrected chi connectivity index (χ3v) is 5.35. The number of nitrogens with one attached hydrogen (secondary N) is 3. The zero-order valence-electron chi connectivity index (χ0n) is 21.3. The zero-order chi connectivity index (χ0) is 26.8. The molecule has 0 aliphatic heterocycles. The van der Waals surface area contributed by atoms with Gasteiger partial charge in [-0.15, -0.1) is 0 Å². The summed E-state index contributed by atoms with van der Waals surface area (Å²) in [6.07, 6.45) is 1.38. The number of amides is 3. The van der Waals surface area contributed by atoms with Crippen molar-refractivity contribution in [1.29, 1.82) is 0 Å². The molecule has 3 rings (SSSR count). The quantitative estimate of drug-likeness (QED) is 0.231. The molecule has 0 unspecified atom stereocenters. The van der Waals surface area contributed by atoms with Gasteiger partial charge in [-0.2, -0.15) is 5.10 Å². The summed E-state index contributed by atoms with van der Waals surface area (Å²) < 4.78 is 11.3. The Balaban J connectivity index is 1.58. The Labute approximate surface area is 215 Å². The van der Waals surface area contributed by atoms with Crippen molar-refractivity contribution < 1.29 is 23.9 Å². The van der Waals surface area contributed by atoms with E-state index in [4.69, 9.17) is 9.47 Å². The number of benzene rings is 3. The first-order chi connectivity index (χ1) is 17.8. The number of aryl methyl sites for hydroxylation is 3. The van der Waals surface area contributed by atoms with Crippen LogP contribution >= 0.6 is 0 Å². The van der Waals surface area contributed by atoms with E-state index in [9.17, 15) is 14.4 Å². The number of hydrazone groups is 1. The van der Waals surface area contributed by atoms with Crippen LogP contribution in [0.2, 0.25) is 0 Å². The molecule has 0 bridgehead atoms. The number of rotatable bonds is 9. The molecular formula is C28H30N4O5. The van der Waals surface area contributed by atoms with Crippen LogP contribution in [0.25, 0.3) is 0 Å². The summed E-state index contributed by atoms with van der Waals surface area (Å²) in [7, 11) is 0. The summed E-state index contributed by atoms with van der Waals surface area (Å²) in [5.41, 5.74) is 6.77. The SMILES string of the molecule is CCOc1cc(/C=N\NC(=O)C(=O)Nc2c(C)cccc2C)ccc1OCC(=O)Nc1ccccc1C. The second-order valence-electron chi connectivity index (χ2n) is 8.21. The molecule has 0 spiro atoms. The fourth-order valence-electron chi connectivity index (χ4n) is 3.43. The molecule has 0 aromatic heterocycles. The number of anilines is 2. The van der Waals surface area contributed by atoms with Crippen LogP contribution in [0.1, 0.15) is 29.2 Å². The van der Waals surface area contributed by atoms with Gasteiger partial charge in [0.2, 0.25) is 0 Å². The highest BCUT2D eigenvalue weighted by molar-refractivity contribution is 6.39. The van der Waals surface area contributed by atoms with Crippen molar-refractivity contribution in [2.24, 2.45) is 5.10 Å². The summed E-state index contributed by atoms with van der Waals surface area (Å²) >= 11 is 0. The van der Waals surface area contributed by atoms with Gasteiger partial charge in [-0.3, -0.25) is 14.4 Å². The molecule has 3 aromatic rings. The number of nitrogens with zero attached hydrogens (tertiary/aromatic N) is 1. The van der Waals surface area contributed by atoms with Gasteiger partial charge in [0.15, 0.2) is 18.1 Å². The van der Waals surface area contributed by atoms with Crippen LogP contribution in [0.3, 0.4) is 0 Å². The number of hydrogen-bond acceptors (Lipinski definition) is 6. The highest BCUT2D eigenvalue weighted by Gasteiger charge is 2.15. The van der Waals surface area contributed by atoms with E-state index >= 15 is 0 Å². The summed E-state index contributed by atoms with van der Waals surface area (Å²) in [4.78, 5) is 36.7. The molecule has 0 saturated heterocycles. The normalized spacial score (nSPS) is 10.6. The first-order valence-electron chi connectivity index (χ1n) is 11.7. The fourth-order valence-corrected chi connectivity index (χ4v) is 3.43. The largest absolute Gasteiger partial charge is 0.490 e. The maximum absolute atomic E-state index is 12.3. The fraction of sp³-hybridized carbons (Fsp3) is 0.214. The molecular weight excluding hydrogens is 472 g/mol. The first kappa shape index (κ1) is 26.9. The van der Waals surface area contributed by atoms with E-state index in [1.54, 1.807) is 18.2 Å². The van der Waals surface area contributed by atoms with Crippen molar-refractivity contribution >= 4 is 35.3 Å². The van der Waals surface area contributed by atoms with E-state index in [2.05, 4.69) is 21.2 Å². The second kappa shape index (κ2) is 12.9. The van der Waals surface area contributed by atoms with Crippen molar-refractivity contribution in [3.8, 4) is 11.5 Å². The van der Waals surface area contributed by atoms with Gasteiger partial charge < -0.3 is 20.1 Å². The minimum Gasteiger partial charge on any atom is -0.490 e. The monoisotopic (exact) mass is 502 g/mol. The molecule has 0 aliphatic carbocycles. The van der Waals surface area contributed by atoms with Crippen LogP contribution in [-0.2, 0) is 14.4 Å². The molecule has 0 atom stereocenters. The van der Waals surface area contributed by atoms with Crippen molar-refractivity contribution in [1.82, 2.24) is 5.43 Å². The zero-order valence-corrected chi connectivity index (χ0v) is 21.3. The number of carbonyl (C=O) groups is 3. The molecule has 192 valence electrons. The standard InChI is InChI=1S/C28H30N4O5/c1-5-36-24-15-21(13-14-23(24)37-17-25(33)30-22-12-7-6-9-18(22)2)16-29-32-28(35)27(34)31-26-19(3)10-8-11-20(26)4/h6-16H,5,17H2,1-4H3,(H,30,33)(H,31,34)(H,32,35)/b29-16-. The van der Waals surface area contributed by atoms with Crippen molar-refractivity contribution in [3.05, 3.63) is 82.9 Å². The minimum absolute atomic E-state index is 0.201. The van der Waals surface area contributed by atoms with E-state index in [0.29, 0.717) is 29.4 Å². The van der Waals surface area contributed by atoms with Gasteiger partial charge in [0.1, 0.15) is 0 Å². The third kappa shape index (κ3) is 7.66. The van der Waals surface area contributed by atoms with Gasteiger partial charge in [0.05, 0.1) is 12.8 Å². The molecule has 3 N–H and O–H groups in total. The number of carbonyl (C=O) groups excluding carboxylic acids is 3. The average molecular weight is 503 g/mol. The molecule has 37 heavy (non-hydrogen) atoms. The molecule has 3 aromatic carbocycles. The second-order valence-corrected chi connectivity index (χ2v) is 8.21. The van der Waals surface area contributed by atoms with Gasteiger partial charge in [0, 0.05) is 11.4 Å². The lowest BCUT2D eigenvalue weighted by Crippen LogP contribution is -2.32. The maximum atomic E-state index is 12.3. The van der Waals surface area contributed by atoms with Gasteiger partial charge in [-0.1, -0.05) is 36.4 Å². The summed E-state index contributed by atoms with van der Waals surface area (Å²) in [5.74, 6) is -1.23. The lowest BCUT2D eigenvalue weighted by molar-refractivity contribution is -0.136. The lowest BCUT2D eigenvalue weighted by Gasteiger charge is -2.13. The molecule has 9 nitrogen and oxygen atoms in total.